The third kappa shape index (κ3) is 2.43. The van der Waals surface area contributed by atoms with E-state index in [0.717, 1.165) is 0 Å². The van der Waals surface area contributed by atoms with Crippen molar-refractivity contribution in [1.82, 2.24) is 0 Å². The first-order valence-electron chi connectivity index (χ1n) is 6.48. The van der Waals surface area contributed by atoms with Gasteiger partial charge in [-0.05, 0) is 48.3 Å². The maximum absolute atomic E-state index is 6.54. The molecule has 0 amide bonds. The average Bonchev–Trinajstić information content (AvgIpc) is 2.75. The van der Waals surface area contributed by atoms with Crippen LogP contribution in [-0.4, -0.2) is 0 Å². The third-order valence-corrected chi connectivity index (χ3v) is 4.37. The van der Waals surface area contributed by atoms with Gasteiger partial charge in [0.1, 0.15) is 0 Å². The Kier molecular flexibility index (Phi) is 3.91. The van der Waals surface area contributed by atoms with Crippen molar-refractivity contribution in [2.45, 2.75) is 51.3 Å². The number of alkyl halides is 1. The molecule has 0 saturated heterocycles. The molecule has 88 valence electrons. The molecular formula is C15H21Cl. The molecule has 0 N–H and O–H groups in total. The van der Waals surface area contributed by atoms with Gasteiger partial charge in [-0.25, -0.2) is 0 Å². The molecule has 0 aromatic heterocycles. The highest BCUT2D eigenvalue weighted by Crippen LogP contribution is 2.34. The first kappa shape index (κ1) is 12.0. The van der Waals surface area contributed by atoms with Crippen molar-refractivity contribution in [2.75, 3.05) is 0 Å². The monoisotopic (exact) mass is 236 g/mol. The van der Waals surface area contributed by atoms with Gasteiger partial charge in [-0.15, -0.1) is 11.6 Å². The van der Waals surface area contributed by atoms with Gasteiger partial charge in [0.25, 0.3) is 0 Å². The van der Waals surface area contributed by atoms with Gasteiger partial charge >= 0.3 is 0 Å². The van der Waals surface area contributed by atoms with E-state index in [-0.39, 0.29) is 5.38 Å². The Labute approximate surface area is 104 Å². The van der Waals surface area contributed by atoms with Gasteiger partial charge in [0.05, 0.1) is 5.38 Å². The summed E-state index contributed by atoms with van der Waals surface area (Å²) in [5.74, 6) is 0.575. The van der Waals surface area contributed by atoms with E-state index in [1.54, 1.807) is 0 Å². The normalized spacial score (nSPS) is 18.2. The Hall–Kier alpha value is -0.490. The highest BCUT2D eigenvalue weighted by atomic mass is 35.5. The largest absolute Gasteiger partial charge is 0.118 e. The summed E-state index contributed by atoms with van der Waals surface area (Å²) in [6.07, 6.45) is 6.25. The average molecular weight is 237 g/mol. The lowest BCUT2D eigenvalue weighted by Crippen LogP contribution is -2.04. The highest BCUT2D eigenvalue weighted by Gasteiger charge is 2.18. The molecule has 16 heavy (non-hydrogen) atoms. The van der Waals surface area contributed by atoms with Crippen molar-refractivity contribution in [1.29, 1.82) is 0 Å². The van der Waals surface area contributed by atoms with Gasteiger partial charge in [-0.3, -0.25) is 0 Å². The summed E-state index contributed by atoms with van der Waals surface area (Å²) < 4.78 is 0. The molecule has 1 aliphatic carbocycles. The summed E-state index contributed by atoms with van der Waals surface area (Å²) in [5.41, 5.74) is 4.39. The lowest BCUT2D eigenvalue weighted by atomic mass is 9.94. The summed E-state index contributed by atoms with van der Waals surface area (Å²) >= 11 is 6.54. The van der Waals surface area contributed by atoms with Crippen LogP contribution < -0.4 is 0 Å². The van der Waals surface area contributed by atoms with Crippen LogP contribution in [0.3, 0.4) is 0 Å². The van der Waals surface area contributed by atoms with Gasteiger partial charge < -0.3 is 0 Å². The molecule has 0 nitrogen and oxygen atoms in total. The summed E-state index contributed by atoms with van der Waals surface area (Å²) in [6, 6.07) is 6.85. The van der Waals surface area contributed by atoms with Crippen molar-refractivity contribution in [2.24, 2.45) is 5.92 Å². The predicted molar refractivity (Wildman–Crippen MR) is 71.1 cm³/mol. The summed E-state index contributed by atoms with van der Waals surface area (Å²) in [5, 5.41) is 0.186. The molecule has 2 rings (SSSR count). The maximum atomic E-state index is 6.54. The number of aryl methyl sites for hydroxylation is 2. The molecule has 1 aliphatic rings. The molecule has 1 aromatic rings. The van der Waals surface area contributed by atoms with Crippen LogP contribution in [0.1, 0.15) is 55.2 Å². The van der Waals surface area contributed by atoms with Crippen molar-refractivity contribution < 1.29 is 0 Å². The molecule has 1 heteroatoms. The number of hydrogen-bond acceptors (Lipinski definition) is 0. The fourth-order valence-corrected chi connectivity index (χ4v) is 2.96. The first-order chi connectivity index (χ1) is 7.72. The Morgan fingerprint density at radius 2 is 2.00 bits per heavy atom. The van der Waals surface area contributed by atoms with E-state index in [2.05, 4.69) is 32.0 Å². The predicted octanol–water partition coefficient (Wildman–Crippen LogP) is 4.89. The molecule has 0 spiro atoms. The summed E-state index contributed by atoms with van der Waals surface area (Å²) in [4.78, 5) is 0. The number of fused-ring (bicyclic) bond motifs is 1. The Balaban J connectivity index is 2.14. The first-order valence-corrected chi connectivity index (χ1v) is 6.91. The van der Waals surface area contributed by atoms with E-state index in [1.807, 2.05) is 0 Å². The van der Waals surface area contributed by atoms with Gasteiger partial charge in [0.15, 0.2) is 0 Å². The number of hydrogen-bond donors (Lipinski definition) is 0. The van der Waals surface area contributed by atoms with Gasteiger partial charge in [-0.1, -0.05) is 38.5 Å². The number of halogens is 1. The van der Waals surface area contributed by atoms with Crippen LogP contribution >= 0.6 is 11.6 Å². The van der Waals surface area contributed by atoms with E-state index in [1.165, 1.54) is 48.8 Å². The summed E-state index contributed by atoms with van der Waals surface area (Å²) in [7, 11) is 0. The second-order valence-corrected chi connectivity index (χ2v) is 5.52. The molecule has 0 saturated carbocycles. The molecule has 0 heterocycles. The fourth-order valence-electron chi connectivity index (χ4n) is 2.69. The molecular weight excluding hydrogens is 216 g/mol. The molecule has 0 radical (unpaired) electrons. The molecule has 0 aliphatic heterocycles. The zero-order valence-corrected chi connectivity index (χ0v) is 11.1. The van der Waals surface area contributed by atoms with E-state index in [0.29, 0.717) is 5.92 Å². The lowest BCUT2D eigenvalue weighted by molar-refractivity contribution is 0.507. The Bertz CT molecular complexity index is 356. The van der Waals surface area contributed by atoms with Gasteiger partial charge in [0, 0.05) is 0 Å². The van der Waals surface area contributed by atoms with E-state index < -0.39 is 0 Å². The van der Waals surface area contributed by atoms with E-state index in [9.17, 15) is 0 Å². The van der Waals surface area contributed by atoms with Crippen molar-refractivity contribution >= 4 is 11.6 Å². The second kappa shape index (κ2) is 5.23. The maximum Gasteiger partial charge on any atom is 0.0610 e. The van der Waals surface area contributed by atoms with Crippen LogP contribution in [0.2, 0.25) is 0 Å². The minimum Gasteiger partial charge on any atom is -0.118 e. The zero-order chi connectivity index (χ0) is 11.5. The molecule has 2 atom stereocenters. The zero-order valence-electron chi connectivity index (χ0n) is 10.3. The van der Waals surface area contributed by atoms with Crippen LogP contribution in [0.4, 0.5) is 0 Å². The van der Waals surface area contributed by atoms with Crippen molar-refractivity contribution in [3.8, 4) is 0 Å². The van der Waals surface area contributed by atoms with Crippen LogP contribution in [0.25, 0.3) is 0 Å². The van der Waals surface area contributed by atoms with E-state index >= 15 is 0 Å². The van der Waals surface area contributed by atoms with Crippen LogP contribution in [0.5, 0.6) is 0 Å². The van der Waals surface area contributed by atoms with Crippen LogP contribution in [0.15, 0.2) is 18.2 Å². The lowest BCUT2D eigenvalue weighted by Gasteiger charge is -2.18. The minimum absolute atomic E-state index is 0.186. The van der Waals surface area contributed by atoms with Crippen molar-refractivity contribution in [3.63, 3.8) is 0 Å². The molecule has 2 unspecified atom stereocenters. The van der Waals surface area contributed by atoms with Gasteiger partial charge in [-0.2, -0.15) is 0 Å². The molecule has 0 fully saturated rings. The van der Waals surface area contributed by atoms with Gasteiger partial charge in [0.2, 0.25) is 0 Å². The minimum atomic E-state index is 0.186. The number of rotatable bonds is 4. The fraction of sp³-hybridized carbons (Fsp3) is 0.600. The molecule has 1 aromatic carbocycles. The smallest absolute Gasteiger partial charge is 0.0610 e. The highest BCUT2D eigenvalue weighted by molar-refractivity contribution is 6.21. The van der Waals surface area contributed by atoms with E-state index in [4.69, 9.17) is 11.6 Å². The Morgan fingerprint density at radius 3 is 2.75 bits per heavy atom. The number of benzene rings is 1. The van der Waals surface area contributed by atoms with Crippen molar-refractivity contribution in [3.05, 3.63) is 34.9 Å². The third-order valence-electron chi connectivity index (χ3n) is 3.68. The second-order valence-electron chi connectivity index (χ2n) is 5.05. The molecule has 0 bridgehead atoms. The Morgan fingerprint density at radius 1 is 1.25 bits per heavy atom. The van der Waals surface area contributed by atoms with Crippen LogP contribution in [-0.2, 0) is 12.8 Å². The standard InChI is InChI=1S/C15H21Cl/c1-3-5-11(2)15(16)14-9-8-12-6-4-7-13(12)10-14/h8-11,15H,3-7H2,1-2H3. The van der Waals surface area contributed by atoms with Crippen LogP contribution in [0, 0.1) is 5.92 Å². The topological polar surface area (TPSA) is 0 Å². The summed E-state index contributed by atoms with van der Waals surface area (Å²) in [6.45, 7) is 4.48. The quantitative estimate of drug-likeness (QED) is 0.653. The SMILES string of the molecule is CCCC(C)C(Cl)c1ccc2c(c1)CCC2.